The maximum Gasteiger partial charge on any atom is 0.255 e. The molecule has 2 aromatic rings. The normalized spacial score (nSPS) is 11.5. The zero-order chi connectivity index (χ0) is 18.2. The number of rotatable bonds is 7. The summed E-state index contributed by atoms with van der Waals surface area (Å²) in [6.07, 6.45) is 0.847. The van der Waals surface area contributed by atoms with E-state index in [4.69, 9.17) is 4.74 Å². The molecule has 1 unspecified atom stereocenters. The highest BCUT2D eigenvalue weighted by Gasteiger charge is 2.13. The standard InChI is InChI=1S/C20H24N2O3/c1-4-14(3)21-19(23)15-9-8-10-16(13-15)20(24)22-17-11-6-7-12-18(17)25-5-2/h6-14H,4-5H2,1-3H3,(H,21,23)(H,22,24). The molecule has 2 aromatic carbocycles. The maximum atomic E-state index is 12.5. The van der Waals surface area contributed by atoms with Gasteiger partial charge in [0, 0.05) is 17.2 Å². The first kappa shape index (κ1) is 18.5. The topological polar surface area (TPSA) is 67.4 Å². The van der Waals surface area contributed by atoms with Crippen molar-refractivity contribution in [3.05, 3.63) is 59.7 Å². The minimum absolute atomic E-state index is 0.0862. The van der Waals surface area contributed by atoms with E-state index < -0.39 is 0 Å². The highest BCUT2D eigenvalue weighted by Crippen LogP contribution is 2.24. The van der Waals surface area contributed by atoms with Crippen molar-refractivity contribution >= 4 is 17.5 Å². The number of benzene rings is 2. The largest absolute Gasteiger partial charge is 0.492 e. The lowest BCUT2D eigenvalue weighted by molar-refractivity contribution is 0.0939. The van der Waals surface area contributed by atoms with Crippen molar-refractivity contribution in [3.63, 3.8) is 0 Å². The van der Waals surface area contributed by atoms with E-state index in [0.717, 1.165) is 6.42 Å². The van der Waals surface area contributed by atoms with Crippen molar-refractivity contribution in [1.29, 1.82) is 0 Å². The molecule has 25 heavy (non-hydrogen) atoms. The van der Waals surface area contributed by atoms with Gasteiger partial charge >= 0.3 is 0 Å². The molecule has 5 heteroatoms. The summed E-state index contributed by atoms with van der Waals surface area (Å²) in [5, 5.41) is 5.73. The maximum absolute atomic E-state index is 12.5. The van der Waals surface area contributed by atoms with Gasteiger partial charge in [0.2, 0.25) is 0 Å². The van der Waals surface area contributed by atoms with Gasteiger partial charge in [0.15, 0.2) is 0 Å². The molecule has 0 radical (unpaired) electrons. The number of para-hydroxylation sites is 2. The lowest BCUT2D eigenvalue weighted by Gasteiger charge is -2.13. The highest BCUT2D eigenvalue weighted by molar-refractivity contribution is 6.06. The van der Waals surface area contributed by atoms with Crippen molar-refractivity contribution < 1.29 is 14.3 Å². The quantitative estimate of drug-likeness (QED) is 0.804. The monoisotopic (exact) mass is 340 g/mol. The van der Waals surface area contributed by atoms with Crippen molar-refractivity contribution in [2.24, 2.45) is 0 Å². The van der Waals surface area contributed by atoms with Crippen LogP contribution >= 0.6 is 0 Å². The van der Waals surface area contributed by atoms with Gasteiger partial charge < -0.3 is 15.4 Å². The van der Waals surface area contributed by atoms with E-state index in [2.05, 4.69) is 10.6 Å². The highest BCUT2D eigenvalue weighted by atomic mass is 16.5. The molecule has 0 aliphatic rings. The first-order valence-electron chi connectivity index (χ1n) is 8.49. The van der Waals surface area contributed by atoms with Crippen LogP contribution in [0.15, 0.2) is 48.5 Å². The third kappa shape index (κ3) is 5.08. The fourth-order valence-electron chi connectivity index (χ4n) is 2.26. The summed E-state index contributed by atoms with van der Waals surface area (Å²) in [5.74, 6) is 0.146. The van der Waals surface area contributed by atoms with Crippen LogP contribution in [0.5, 0.6) is 5.75 Å². The molecule has 0 aliphatic carbocycles. The summed E-state index contributed by atoms with van der Waals surface area (Å²) in [7, 11) is 0. The number of anilines is 1. The van der Waals surface area contributed by atoms with E-state index in [9.17, 15) is 9.59 Å². The molecule has 0 bridgehead atoms. The Morgan fingerprint density at radius 3 is 2.36 bits per heavy atom. The number of hydrogen-bond donors (Lipinski definition) is 2. The second-order valence-corrected chi connectivity index (χ2v) is 5.75. The summed E-state index contributed by atoms with van der Waals surface area (Å²) < 4.78 is 5.51. The van der Waals surface area contributed by atoms with Gasteiger partial charge in [-0.15, -0.1) is 0 Å². The minimum Gasteiger partial charge on any atom is -0.492 e. The fourth-order valence-corrected chi connectivity index (χ4v) is 2.26. The van der Waals surface area contributed by atoms with Crippen LogP contribution in [0, 0.1) is 0 Å². The first-order valence-corrected chi connectivity index (χ1v) is 8.49. The Morgan fingerprint density at radius 2 is 1.68 bits per heavy atom. The van der Waals surface area contributed by atoms with Crippen LogP contribution in [0.1, 0.15) is 47.9 Å². The Hall–Kier alpha value is -2.82. The molecule has 0 saturated carbocycles. The van der Waals surface area contributed by atoms with E-state index in [1.165, 1.54) is 0 Å². The Labute approximate surface area is 148 Å². The summed E-state index contributed by atoms with van der Waals surface area (Å²) in [5.41, 5.74) is 1.48. The van der Waals surface area contributed by atoms with Crippen molar-refractivity contribution in [2.45, 2.75) is 33.2 Å². The molecule has 0 heterocycles. The van der Waals surface area contributed by atoms with Gasteiger partial charge in [-0.25, -0.2) is 0 Å². The Morgan fingerprint density at radius 1 is 1.00 bits per heavy atom. The molecule has 0 spiro atoms. The summed E-state index contributed by atoms with van der Waals surface area (Å²) in [4.78, 5) is 24.7. The summed E-state index contributed by atoms with van der Waals surface area (Å²) >= 11 is 0. The van der Waals surface area contributed by atoms with Crippen LogP contribution in [0.2, 0.25) is 0 Å². The number of ether oxygens (including phenoxy) is 1. The average Bonchev–Trinajstić information content (AvgIpc) is 2.63. The molecule has 0 fully saturated rings. The molecule has 2 rings (SSSR count). The second-order valence-electron chi connectivity index (χ2n) is 5.75. The Kier molecular flexibility index (Phi) is 6.57. The molecule has 5 nitrogen and oxygen atoms in total. The number of carbonyl (C=O) groups excluding carboxylic acids is 2. The van der Waals surface area contributed by atoms with Gasteiger partial charge in [-0.3, -0.25) is 9.59 Å². The molecule has 0 aromatic heterocycles. The zero-order valence-electron chi connectivity index (χ0n) is 14.8. The molecular weight excluding hydrogens is 316 g/mol. The van der Waals surface area contributed by atoms with Gasteiger partial charge in [0.05, 0.1) is 12.3 Å². The molecular formula is C20H24N2O3. The first-order chi connectivity index (χ1) is 12.0. The number of amides is 2. The lowest BCUT2D eigenvalue weighted by atomic mass is 10.1. The zero-order valence-corrected chi connectivity index (χ0v) is 14.8. The predicted octanol–water partition coefficient (Wildman–Crippen LogP) is 3.87. The van der Waals surface area contributed by atoms with E-state index in [-0.39, 0.29) is 17.9 Å². The molecule has 2 N–H and O–H groups in total. The third-order valence-electron chi connectivity index (χ3n) is 3.81. The van der Waals surface area contributed by atoms with Crippen LogP contribution in [0.3, 0.4) is 0 Å². The smallest absolute Gasteiger partial charge is 0.255 e. The third-order valence-corrected chi connectivity index (χ3v) is 3.81. The minimum atomic E-state index is -0.287. The van der Waals surface area contributed by atoms with Gasteiger partial charge in [-0.1, -0.05) is 25.1 Å². The van der Waals surface area contributed by atoms with E-state index in [1.54, 1.807) is 36.4 Å². The SMILES string of the molecule is CCOc1ccccc1NC(=O)c1cccc(C(=O)NC(C)CC)c1. The Bertz CT molecular complexity index is 743. The van der Waals surface area contributed by atoms with E-state index in [0.29, 0.717) is 29.2 Å². The molecule has 0 saturated heterocycles. The number of hydrogen-bond acceptors (Lipinski definition) is 3. The summed E-state index contributed by atoms with van der Waals surface area (Å²) in [6, 6.07) is 14.0. The van der Waals surface area contributed by atoms with Crippen LogP contribution < -0.4 is 15.4 Å². The van der Waals surface area contributed by atoms with E-state index in [1.807, 2.05) is 32.9 Å². The van der Waals surface area contributed by atoms with Gasteiger partial charge in [0.1, 0.15) is 5.75 Å². The second kappa shape index (κ2) is 8.87. The van der Waals surface area contributed by atoms with Crippen LogP contribution in [-0.4, -0.2) is 24.5 Å². The summed E-state index contributed by atoms with van der Waals surface area (Å²) in [6.45, 7) is 6.35. The van der Waals surface area contributed by atoms with E-state index >= 15 is 0 Å². The predicted molar refractivity (Wildman–Crippen MR) is 99.2 cm³/mol. The van der Waals surface area contributed by atoms with Gasteiger partial charge in [0.25, 0.3) is 11.8 Å². The molecule has 132 valence electrons. The van der Waals surface area contributed by atoms with Crippen molar-refractivity contribution in [3.8, 4) is 5.75 Å². The van der Waals surface area contributed by atoms with Gasteiger partial charge in [-0.05, 0) is 50.6 Å². The lowest BCUT2D eigenvalue weighted by Crippen LogP contribution is -2.32. The average molecular weight is 340 g/mol. The van der Waals surface area contributed by atoms with Crippen LogP contribution in [-0.2, 0) is 0 Å². The number of carbonyl (C=O) groups is 2. The molecule has 0 aliphatic heterocycles. The van der Waals surface area contributed by atoms with Crippen molar-refractivity contribution in [2.75, 3.05) is 11.9 Å². The van der Waals surface area contributed by atoms with Crippen LogP contribution in [0.25, 0.3) is 0 Å². The number of nitrogens with one attached hydrogen (secondary N) is 2. The molecule has 2 amide bonds. The van der Waals surface area contributed by atoms with Gasteiger partial charge in [-0.2, -0.15) is 0 Å². The van der Waals surface area contributed by atoms with Crippen LogP contribution in [0.4, 0.5) is 5.69 Å². The van der Waals surface area contributed by atoms with Crippen molar-refractivity contribution in [1.82, 2.24) is 5.32 Å². The Balaban J connectivity index is 2.15. The fraction of sp³-hybridized carbons (Fsp3) is 0.300. The molecule has 1 atom stereocenters.